The third-order valence-corrected chi connectivity index (χ3v) is 5.19. The summed E-state index contributed by atoms with van der Waals surface area (Å²) in [5.74, 6) is 0.757. The number of morpholine rings is 1. The molecule has 6 nitrogen and oxygen atoms in total. The second-order valence-corrected chi connectivity index (χ2v) is 7.25. The van der Waals surface area contributed by atoms with E-state index in [9.17, 15) is 4.79 Å². The fourth-order valence-corrected chi connectivity index (χ4v) is 3.59. The molecule has 0 N–H and O–H groups in total. The number of benzene rings is 2. The zero-order valence-electron chi connectivity index (χ0n) is 17.0. The molecule has 0 radical (unpaired) electrons. The zero-order chi connectivity index (χ0) is 20.4. The standard InChI is InChI=1S/C23H25N3O3/c1-16-4-9-21(17(2)14-16)26-22(23(27)25-10-12-29-13-11-25)15-20(24-26)18-5-7-19(28-3)8-6-18/h4-9,14-15H,10-13H2,1-3H3. The zero-order valence-corrected chi connectivity index (χ0v) is 17.0. The summed E-state index contributed by atoms with van der Waals surface area (Å²) in [4.78, 5) is 15.1. The minimum absolute atomic E-state index is 0.0273. The average Bonchev–Trinajstić information content (AvgIpc) is 3.19. The van der Waals surface area contributed by atoms with Crippen LogP contribution in [0.4, 0.5) is 0 Å². The number of amides is 1. The maximum atomic E-state index is 13.3. The number of methoxy groups -OCH3 is 1. The Morgan fingerprint density at radius 2 is 1.76 bits per heavy atom. The van der Waals surface area contributed by atoms with Gasteiger partial charge in [0.05, 0.1) is 31.7 Å². The average molecular weight is 391 g/mol. The molecule has 1 aromatic heterocycles. The Bertz CT molecular complexity index is 1020. The molecule has 0 unspecified atom stereocenters. The maximum absolute atomic E-state index is 13.3. The van der Waals surface area contributed by atoms with Crippen molar-refractivity contribution in [1.82, 2.24) is 14.7 Å². The number of nitrogens with zero attached hydrogens (tertiary/aromatic N) is 3. The van der Waals surface area contributed by atoms with Crippen molar-refractivity contribution in [3.8, 4) is 22.7 Å². The molecule has 0 bridgehead atoms. The minimum Gasteiger partial charge on any atom is -0.497 e. The molecule has 1 aliphatic rings. The van der Waals surface area contributed by atoms with Gasteiger partial charge in [-0.15, -0.1) is 0 Å². The Morgan fingerprint density at radius 1 is 1.03 bits per heavy atom. The summed E-state index contributed by atoms with van der Waals surface area (Å²) in [6.07, 6.45) is 0. The highest BCUT2D eigenvalue weighted by atomic mass is 16.5. The SMILES string of the molecule is COc1ccc(-c2cc(C(=O)N3CCOCC3)n(-c3ccc(C)cc3C)n2)cc1. The third-order valence-electron chi connectivity index (χ3n) is 5.19. The molecule has 6 heteroatoms. The first-order chi connectivity index (χ1) is 14.1. The molecule has 0 saturated carbocycles. The summed E-state index contributed by atoms with van der Waals surface area (Å²) in [5, 5.41) is 4.81. The smallest absolute Gasteiger partial charge is 0.272 e. The molecule has 3 aromatic rings. The minimum atomic E-state index is -0.0273. The first-order valence-electron chi connectivity index (χ1n) is 9.76. The fourth-order valence-electron chi connectivity index (χ4n) is 3.59. The Hall–Kier alpha value is -3.12. The van der Waals surface area contributed by atoms with Crippen LogP contribution in [0.25, 0.3) is 16.9 Å². The van der Waals surface area contributed by atoms with Crippen LogP contribution in [-0.4, -0.2) is 54.0 Å². The van der Waals surface area contributed by atoms with Crippen molar-refractivity contribution in [2.45, 2.75) is 13.8 Å². The summed E-state index contributed by atoms with van der Waals surface area (Å²) in [6.45, 7) is 6.41. The van der Waals surface area contributed by atoms with Gasteiger partial charge in [-0.1, -0.05) is 17.7 Å². The molecule has 1 aliphatic heterocycles. The van der Waals surface area contributed by atoms with Crippen LogP contribution in [0.3, 0.4) is 0 Å². The summed E-state index contributed by atoms with van der Waals surface area (Å²) in [6, 6.07) is 15.7. The summed E-state index contributed by atoms with van der Waals surface area (Å²) >= 11 is 0. The second kappa shape index (κ2) is 8.09. The Labute approximate surface area is 170 Å². The van der Waals surface area contributed by atoms with Gasteiger partial charge in [-0.05, 0) is 55.8 Å². The predicted molar refractivity (Wildman–Crippen MR) is 112 cm³/mol. The van der Waals surface area contributed by atoms with Gasteiger partial charge in [-0.2, -0.15) is 5.10 Å². The molecule has 0 aliphatic carbocycles. The first kappa shape index (κ1) is 19.2. The van der Waals surface area contributed by atoms with Crippen LogP contribution in [0.15, 0.2) is 48.5 Å². The van der Waals surface area contributed by atoms with Gasteiger partial charge in [-0.3, -0.25) is 4.79 Å². The lowest BCUT2D eigenvalue weighted by molar-refractivity contribution is 0.0297. The van der Waals surface area contributed by atoms with Crippen molar-refractivity contribution >= 4 is 5.91 Å². The lowest BCUT2D eigenvalue weighted by Crippen LogP contribution is -2.41. The summed E-state index contributed by atoms with van der Waals surface area (Å²) < 4.78 is 12.4. The number of hydrogen-bond donors (Lipinski definition) is 0. The highest BCUT2D eigenvalue weighted by molar-refractivity contribution is 5.94. The molecule has 2 aromatic carbocycles. The second-order valence-electron chi connectivity index (χ2n) is 7.25. The van der Waals surface area contributed by atoms with Crippen molar-refractivity contribution in [3.05, 3.63) is 65.4 Å². The van der Waals surface area contributed by atoms with Gasteiger partial charge in [0.1, 0.15) is 11.4 Å². The van der Waals surface area contributed by atoms with Crippen molar-refractivity contribution in [1.29, 1.82) is 0 Å². The quantitative estimate of drug-likeness (QED) is 0.681. The van der Waals surface area contributed by atoms with Gasteiger partial charge in [0.25, 0.3) is 5.91 Å². The van der Waals surface area contributed by atoms with Crippen LogP contribution in [-0.2, 0) is 4.74 Å². The normalized spacial score (nSPS) is 14.1. The van der Waals surface area contributed by atoms with Gasteiger partial charge in [0.2, 0.25) is 0 Å². The first-order valence-corrected chi connectivity index (χ1v) is 9.76. The van der Waals surface area contributed by atoms with Gasteiger partial charge >= 0.3 is 0 Å². The molecule has 2 heterocycles. The van der Waals surface area contributed by atoms with E-state index in [0.29, 0.717) is 32.0 Å². The molecule has 1 saturated heterocycles. The number of aryl methyl sites for hydroxylation is 2. The van der Waals surface area contributed by atoms with Gasteiger partial charge < -0.3 is 14.4 Å². The molecular weight excluding hydrogens is 366 g/mol. The molecule has 1 amide bonds. The Balaban J connectivity index is 1.80. The van der Waals surface area contributed by atoms with Crippen LogP contribution in [0.5, 0.6) is 5.75 Å². The lowest BCUT2D eigenvalue weighted by atomic mass is 10.1. The monoisotopic (exact) mass is 391 g/mol. The van der Waals surface area contributed by atoms with E-state index in [1.165, 1.54) is 5.56 Å². The maximum Gasteiger partial charge on any atom is 0.272 e. The van der Waals surface area contributed by atoms with Crippen LogP contribution < -0.4 is 4.74 Å². The van der Waals surface area contributed by atoms with Crippen LogP contribution >= 0.6 is 0 Å². The predicted octanol–water partition coefficient (Wildman–Crippen LogP) is 3.64. The van der Waals surface area contributed by atoms with E-state index in [2.05, 4.69) is 13.0 Å². The van der Waals surface area contributed by atoms with Crippen molar-refractivity contribution in [2.75, 3.05) is 33.4 Å². The Kier molecular flexibility index (Phi) is 5.36. The lowest BCUT2D eigenvalue weighted by Gasteiger charge is -2.27. The molecule has 150 valence electrons. The summed E-state index contributed by atoms with van der Waals surface area (Å²) in [7, 11) is 1.64. The molecule has 1 fully saturated rings. The van der Waals surface area contributed by atoms with E-state index in [1.54, 1.807) is 11.8 Å². The molecule has 0 atom stereocenters. The largest absolute Gasteiger partial charge is 0.497 e. The number of ether oxygens (including phenoxy) is 2. The Morgan fingerprint density at radius 3 is 2.41 bits per heavy atom. The van der Waals surface area contributed by atoms with E-state index in [4.69, 9.17) is 14.6 Å². The highest BCUT2D eigenvalue weighted by Gasteiger charge is 2.25. The van der Waals surface area contributed by atoms with E-state index < -0.39 is 0 Å². The molecule has 4 rings (SSSR count). The molecule has 0 spiro atoms. The molecular formula is C23H25N3O3. The topological polar surface area (TPSA) is 56.6 Å². The van der Waals surface area contributed by atoms with E-state index in [-0.39, 0.29) is 5.91 Å². The van der Waals surface area contributed by atoms with Crippen molar-refractivity contribution < 1.29 is 14.3 Å². The van der Waals surface area contributed by atoms with Crippen LogP contribution in [0, 0.1) is 13.8 Å². The van der Waals surface area contributed by atoms with Crippen LogP contribution in [0.2, 0.25) is 0 Å². The third kappa shape index (κ3) is 3.89. The van der Waals surface area contributed by atoms with Gasteiger partial charge in [0.15, 0.2) is 0 Å². The van der Waals surface area contributed by atoms with E-state index >= 15 is 0 Å². The van der Waals surface area contributed by atoms with Crippen molar-refractivity contribution in [2.24, 2.45) is 0 Å². The van der Waals surface area contributed by atoms with Crippen LogP contribution in [0.1, 0.15) is 21.6 Å². The van der Waals surface area contributed by atoms with Crippen molar-refractivity contribution in [3.63, 3.8) is 0 Å². The number of rotatable bonds is 4. The van der Waals surface area contributed by atoms with E-state index in [0.717, 1.165) is 28.3 Å². The number of hydrogen-bond acceptors (Lipinski definition) is 4. The number of carbonyl (C=O) groups excluding carboxylic acids is 1. The number of carbonyl (C=O) groups is 1. The highest BCUT2D eigenvalue weighted by Crippen LogP contribution is 2.26. The van der Waals surface area contributed by atoms with Gasteiger partial charge in [0, 0.05) is 18.7 Å². The number of aromatic nitrogens is 2. The van der Waals surface area contributed by atoms with Gasteiger partial charge in [-0.25, -0.2) is 4.68 Å². The van der Waals surface area contributed by atoms with E-state index in [1.807, 2.05) is 54.3 Å². The summed E-state index contributed by atoms with van der Waals surface area (Å²) in [5.41, 5.74) is 5.41. The molecule has 29 heavy (non-hydrogen) atoms. The fraction of sp³-hybridized carbons (Fsp3) is 0.304.